The Labute approximate surface area is 175 Å². The smallest absolute Gasteiger partial charge is 0.160 e. The first-order valence-electron chi connectivity index (χ1n) is 10.4. The highest BCUT2D eigenvalue weighted by Gasteiger charge is 2.26. The van der Waals surface area contributed by atoms with Gasteiger partial charge in [0.15, 0.2) is 11.2 Å². The lowest BCUT2D eigenvalue weighted by Crippen LogP contribution is -2.09. The van der Waals surface area contributed by atoms with Gasteiger partial charge in [-0.05, 0) is 24.0 Å². The van der Waals surface area contributed by atoms with Crippen molar-refractivity contribution in [2.75, 3.05) is 0 Å². The van der Waals surface area contributed by atoms with Gasteiger partial charge in [-0.25, -0.2) is 4.98 Å². The second kappa shape index (κ2) is 7.10. The Kier molecular flexibility index (Phi) is 4.39. The molecule has 0 saturated heterocycles. The van der Waals surface area contributed by atoms with Crippen LogP contribution in [0.15, 0.2) is 65.5 Å². The highest BCUT2D eigenvalue weighted by atomic mass is 16.3. The fraction of sp³-hybridized carbons (Fsp3) is 0.240. The minimum absolute atomic E-state index is 0.224. The van der Waals surface area contributed by atoms with Crippen molar-refractivity contribution in [1.82, 2.24) is 19.5 Å². The maximum absolute atomic E-state index is 6.31. The molecule has 5 heteroatoms. The lowest BCUT2D eigenvalue weighted by molar-refractivity contribution is 0.645. The van der Waals surface area contributed by atoms with Crippen molar-refractivity contribution in [3.63, 3.8) is 0 Å². The molecular weight excluding hydrogens is 372 g/mol. The van der Waals surface area contributed by atoms with E-state index in [1.165, 1.54) is 0 Å². The molecule has 0 aliphatic carbocycles. The Hall–Kier alpha value is -3.47. The summed E-state index contributed by atoms with van der Waals surface area (Å²) in [5.74, 6) is 1.33. The zero-order valence-corrected chi connectivity index (χ0v) is 17.6. The summed E-state index contributed by atoms with van der Waals surface area (Å²) in [6, 6.07) is 14.1. The molecule has 1 aromatic carbocycles. The minimum Gasteiger partial charge on any atom is -0.452 e. The van der Waals surface area contributed by atoms with Crippen molar-refractivity contribution in [2.24, 2.45) is 0 Å². The molecule has 0 saturated carbocycles. The molecule has 0 aliphatic rings. The Bertz CT molecular complexity index is 1350. The van der Waals surface area contributed by atoms with Gasteiger partial charge < -0.3 is 4.42 Å². The normalized spacial score (nSPS) is 11.9. The van der Waals surface area contributed by atoms with E-state index in [0.29, 0.717) is 0 Å². The van der Waals surface area contributed by atoms with E-state index in [4.69, 9.17) is 9.40 Å². The van der Waals surface area contributed by atoms with Crippen molar-refractivity contribution in [1.29, 1.82) is 0 Å². The van der Waals surface area contributed by atoms with Gasteiger partial charge in [-0.2, -0.15) is 0 Å². The molecule has 5 aromatic rings. The summed E-state index contributed by atoms with van der Waals surface area (Å²) in [6.07, 6.45) is 5.66. The number of aromatic nitrogens is 4. The molecule has 0 fully saturated rings. The Balaban J connectivity index is 1.95. The van der Waals surface area contributed by atoms with E-state index in [9.17, 15) is 0 Å². The zero-order chi connectivity index (χ0) is 20.8. The molecule has 0 aliphatic heterocycles. The quantitative estimate of drug-likeness (QED) is 0.349. The van der Waals surface area contributed by atoms with Gasteiger partial charge in [0.05, 0.1) is 22.5 Å². The first kappa shape index (κ1) is 18.6. The molecule has 0 radical (unpaired) electrons. The zero-order valence-electron chi connectivity index (χ0n) is 17.6. The molecule has 0 N–H and O–H groups in total. The largest absolute Gasteiger partial charge is 0.452 e. The molecule has 5 nitrogen and oxygen atoms in total. The number of nitrogens with zero attached hydrogens (tertiary/aromatic N) is 4. The average Bonchev–Trinajstić information content (AvgIpc) is 3.38. The number of hydrogen-bond donors (Lipinski definition) is 0. The fourth-order valence-electron chi connectivity index (χ4n) is 4.01. The number of hydrogen-bond acceptors (Lipinski definition) is 4. The first-order chi connectivity index (χ1) is 14.6. The molecule has 0 spiro atoms. The third kappa shape index (κ3) is 2.81. The Morgan fingerprint density at radius 1 is 0.833 bits per heavy atom. The number of imidazole rings is 1. The van der Waals surface area contributed by atoms with E-state index < -0.39 is 0 Å². The van der Waals surface area contributed by atoms with E-state index in [0.717, 1.165) is 50.5 Å². The van der Waals surface area contributed by atoms with Crippen LogP contribution in [0.25, 0.3) is 39.1 Å². The third-order valence-corrected chi connectivity index (χ3v) is 5.41. The number of fused-ring (bicyclic) bond motifs is 3. The van der Waals surface area contributed by atoms with Gasteiger partial charge in [0.25, 0.3) is 0 Å². The second-order valence-electron chi connectivity index (χ2n) is 8.18. The summed E-state index contributed by atoms with van der Waals surface area (Å²) in [5, 5.41) is 1.00. The number of furan rings is 1. The highest BCUT2D eigenvalue weighted by Crippen LogP contribution is 2.40. The van der Waals surface area contributed by atoms with Crippen LogP contribution in [0, 0.1) is 0 Å². The summed E-state index contributed by atoms with van der Waals surface area (Å²) >= 11 is 0. The summed E-state index contributed by atoms with van der Waals surface area (Å²) in [4.78, 5) is 14.5. The highest BCUT2D eigenvalue weighted by molar-refractivity contribution is 6.08. The van der Waals surface area contributed by atoms with Crippen LogP contribution in [0.1, 0.15) is 50.9 Å². The van der Waals surface area contributed by atoms with Gasteiger partial charge in [0.2, 0.25) is 0 Å². The molecule has 4 heterocycles. The second-order valence-corrected chi connectivity index (χ2v) is 8.18. The van der Waals surface area contributed by atoms with E-state index in [1.807, 2.05) is 48.9 Å². The molecule has 150 valence electrons. The predicted octanol–water partition coefficient (Wildman–Crippen LogP) is 6.48. The van der Waals surface area contributed by atoms with Crippen molar-refractivity contribution < 1.29 is 4.42 Å². The van der Waals surface area contributed by atoms with E-state index >= 15 is 0 Å². The maximum Gasteiger partial charge on any atom is 0.160 e. The first-order valence-corrected chi connectivity index (χ1v) is 10.4. The summed E-state index contributed by atoms with van der Waals surface area (Å²) in [5.41, 5.74) is 6.50. The fourth-order valence-corrected chi connectivity index (χ4v) is 4.01. The van der Waals surface area contributed by atoms with Gasteiger partial charge in [0, 0.05) is 24.2 Å². The topological polar surface area (TPSA) is 56.7 Å². The van der Waals surface area contributed by atoms with Gasteiger partial charge in [-0.15, -0.1) is 0 Å². The minimum atomic E-state index is 0.224. The Morgan fingerprint density at radius 2 is 1.60 bits per heavy atom. The lowest BCUT2D eigenvalue weighted by Gasteiger charge is -2.19. The van der Waals surface area contributed by atoms with Gasteiger partial charge >= 0.3 is 0 Å². The average molecular weight is 396 g/mol. The van der Waals surface area contributed by atoms with E-state index in [2.05, 4.69) is 54.4 Å². The van der Waals surface area contributed by atoms with Crippen molar-refractivity contribution >= 4 is 22.1 Å². The van der Waals surface area contributed by atoms with Crippen LogP contribution in [0.2, 0.25) is 0 Å². The van der Waals surface area contributed by atoms with Crippen LogP contribution in [-0.4, -0.2) is 19.5 Å². The van der Waals surface area contributed by atoms with Crippen LogP contribution < -0.4 is 0 Å². The molecule has 0 amide bonds. The summed E-state index contributed by atoms with van der Waals surface area (Å²) in [6.45, 7) is 8.66. The molecule has 0 bridgehead atoms. The number of benzene rings is 1. The monoisotopic (exact) mass is 396 g/mol. The Morgan fingerprint density at radius 3 is 2.33 bits per heavy atom. The van der Waals surface area contributed by atoms with Gasteiger partial charge in [-0.1, -0.05) is 58.0 Å². The predicted molar refractivity (Wildman–Crippen MR) is 120 cm³/mol. The van der Waals surface area contributed by atoms with Crippen LogP contribution >= 0.6 is 0 Å². The number of pyridine rings is 2. The van der Waals surface area contributed by atoms with Crippen LogP contribution in [0.4, 0.5) is 0 Å². The van der Waals surface area contributed by atoms with Crippen molar-refractivity contribution in [2.45, 2.75) is 39.5 Å². The molecule has 30 heavy (non-hydrogen) atoms. The number of rotatable bonds is 4. The lowest BCUT2D eigenvalue weighted by atomic mass is 10.00. The van der Waals surface area contributed by atoms with E-state index in [1.54, 1.807) is 0 Å². The third-order valence-electron chi connectivity index (χ3n) is 5.41. The van der Waals surface area contributed by atoms with Gasteiger partial charge in [-0.3, -0.25) is 14.5 Å². The molecule has 0 unspecified atom stereocenters. The summed E-state index contributed by atoms with van der Waals surface area (Å²) in [7, 11) is 0. The van der Waals surface area contributed by atoms with Crippen LogP contribution in [0.5, 0.6) is 0 Å². The van der Waals surface area contributed by atoms with Crippen LogP contribution in [0.3, 0.4) is 0 Å². The van der Waals surface area contributed by atoms with Crippen LogP contribution in [-0.2, 0) is 0 Å². The maximum atomic E-state index is 6.31. The molecule has 4 aromatic heterocycles. The molecular formula is C25H24N4O. The van der Waals surface area contributed by atoms with E-state index in [-0.39, 0.29) is 11.8 Å². The van der Waals surface area contributed by atoms with Crippen molar-refractivity contribution in [3.05, 3.63) is 72.4 Å². The molecule has 0 atom stereocenters. The van der Waals surface area contributed by atoms with Crippen molar-refractivity contribution in [3.8, 4) is 17.1 Å². The standard InChI is InChI=1S/C25H24N4O/c1-15(2)20-23(29-14-13-27-25(29)17-9-6-5-7-10-17)19-22-18(11-8-12-26-22)30-24(19)21(28-20)16(3)4/h5-16H,1-4H3. The molecule has 5 rings (SSSR count). The SMILES string of the molecule is CC(C)c1nc(C(C)C)c2oc3cccnc3c2c1-n1ccnc1-c1ccccc1. The van der Waals surface area contributed by atoms with Gasteiger partial charge in [0.1, 0.15) is 11.3 Å². The summed E-state index contributed by atoms with van der Waals surface area (Å²) < 4.78 is 8.44.